The number of anilines is 1. The predicted octanol–water partition coefficient (Wildman–Crippen LogP) is 2.55. The lowest BCUT2D eigenvalue weighted by atomic mass is 10.2. The zero-order valence-corrected chi connectivity index (χ0v) is 16.1. The van der Waals surface area contributed by atoms with Gasteiger partial charge in [-0.3, -0.25) is 9.48 Å². The Morgan fingerprint density at radius 1 is 1.07 bits per heavy atom. The van der Waals surface area contributed by atoms with Gasteiger partial charge in [-0.1, -0.05) is 30.3 Å². The molecule has 7 nitrogen and oxygen atoms in total. The molecule has 1 aromatic carbocycles. The second kappa shape index (κ2) is 8.57. The quantitative estimate of drug-likeness (QED) is 0.689. The van der Waals surface area contributed by atoms with E-state index < -0.39 is 0 Å². The molecular weight excluding hydrogens is 364 g/mol. The lowest BCUT2D eigenvalue weighted by Gasteiger charge is -2.23. The van der Waals surface area contributed by atoms with Gasteiger partial charge in [0.1, 0.15) is 11.9 Å². The summed E-state index contributed by atoms with van der Waals surface area (Å²) in [5.74, 6) is 0.688. The molecule has 0 saturated carbocycles. The van der Waals surface area contributed by atoms with Crippen molar-refractivity contribution in [2.75, 3.05) is 31.1 Å². The van der Waals surface area contributed by atoms with Gasteiger partial charge in [0.15, 0.2) is 0 Å². The second-order valence-electron chi connectivity index (χ2n) is 7.03. The Balaban J connectivity index is 1.42. The molecule has 1 aliphatic rings. The molecule has 1 amide bonds. The number of amides is 1. The zero-order chi connectivity index (χ0) is 20.1. The number of pyridine rings is 1. The molecular formula is C22H22N6O. The maximum atomic E-state index is 13.0. The maximum absolute atomic E-state index is 13.0. The van der Waals surface area contributed by atoms with Gasteiger partial charge in [0, 0.05) is 38.6 Å². The third-order valence-electron chi connectivity index (χ3n) is 5.06. The van der Waals surface area contributed by atoms with Crippen molar-refractivity contribution in [3.8, 4) is 6.07 Å². The van der Waals surface area contributed by atoms with Crippen LogP contribution in [-0.4, -0.2) is 51.8 Å². The minimum atomic E-state index is -0.00677. The van der Waals surface area contributed by atoms with Crippen LogP contribution in [0, 0.1) is 11.3 Å². The smallest absolute Gasteiger partial charge is 0.257 e. The van der Waals surface area contributed by atoms with E-state index in [9.17, 15) is 10.1 Å². The van der Waals surface area contributed by atoms with Gasteiger partial charge >= 0.3 is 0 Å². The van der Waals surface area contributed by atoms with Crippen LogP contribution >= 0.6 is 0 Å². The SMILES string of the molecule is N#Cc1cccnc1N1CCCN(C(=O)c2cnn(Cc3ccccc3)c2)CC1. The van der Waals surface area contributed by atoms with Crippen molar-refractivity contribution in [3.05, 3.63) is 77.7 Å². The van der Waals surface area contributed by atoms with Crippen LogP contribution in [-0.2, 0) is 6.54 Å². The van der Waals surface area contributed by atoms with E-state index >= 15 is 0 Å². The molecule has 1 aliphatic heterocycles. The molecule has 29 heavy (non-hydrogen) atoms. The van der Waals surface area contributed by atoms with Crippen LogP contribution in [0.4, 0.5) is 5.82 Å². The fraction of sp³-hybridized carbons (Fsp3) is 0.273. The molecule has 3 aromatic rings. The standard InChI is InChI=1S/C22H22N6O/c23-14-19-8-4-9-24-21(19)26-10-5-11-27(13-12-26)22(29)20-15-25-28(17-20)16-18-6-2-1-3-7-18/h1-4,6-9,15,17H,5,10-13,16H2. The van der Waals surface area contributed by atoms with Crippen molar-refractivity contribution in [2.45, 2.75) is 13.0 Å². The average Bonchev–Trinajstić information content (AvgIpc) is 3.09. The second-order valence-corrected chi connectivity index (χ2v) is 7.03. The van der Waals surface area contributed by atoms with Gasteiger partial charge in [-0.2, -0.15) is 10.4 Å². The summed E-state index contributed by atoms with van der Waals surface area (Å²) in [6, 6.07) is 15.8. The molecule has 0 unspecified atom stereocenters. The van der Waals surface area contributed by atoms with Crippen LogP contribution in [0.3, 0.4) is 0 Å². The van der Waals surface area contributed by atoms with Gasteiger partial charge in [-0.15, -0.1) is 0 Å². The molecule has 3 heterocycles. The number of carbonyl (C=O) groups excluding carboxylic acids is 1. The van der Waals surface area contributed by atoms with E-state index in [2.05, 4.69) is 21.1 Å². The summed E-state index contributed by atoms with van der Waals surface area (Å²) in [6.45, 7) is 3.31. The lowest BCUT2D eigenvalue weighted by molar-refractivity contribution is 0.0767. The molecule has 1 fully saturated rings. The van der Waals surface area contributed by atoms with Gasteiger partial charge in [-0.05, 0) is 24.1 Å². The number of hydrogen-bond donors (Lipinski definition) is 0. The highest BCUT2D eigenvalue weighted by atomic mass is 16.2. The topological polar surface area (TPSA) is 78.1 Å². The first-order chi connectivity index (χ1) is 14.2. The van der Waals surface area contributed by atoms with E-state index in [4.69, 9.17) is 0 Å². The normalized spacial score (nSPS) is 14.3. The van der Waals surface area contributed by atoms with Gasteiger partial charge in [-0.25, -0.2) is 4.98 Å². The molecule has 0 spiro atoms. The van der Waals surface area contributed by atoms with Gasteiger partial charge < -0.3 is 9.80 Å². The van der Waals surface area contributed by atoms with Crippen molar-refractivity contribution in [1.82, 2.24) is 19.7 Å². The van der Waals surface area contributed by atoms with Crippen LogP contribution in [0.2, 0.25) is 0 Å². The molecule has 4 rings (SSSR count). The summed E-state index contributed by atoms with van der Waals surface area (Å²) >= 11 is 0. The van der Waals surface area contributed by atoms with Crippen LogP contribution in [0.1, 0.15) is 27.9 Å². The van der Waals surface area contributed by atoms with Crippen LogP contribution < -0.4 is 4.90 Å². The Morgan fingerprint density at radius 2 is 1.93 bits per heavy atom. The summed E-state index contributed by atoms with van der Waals surface area (Å²) < 4.78 is 1.79. The molecule has 0 bridgehead atoms. The number of nitrogens with zero attached hydrogens (tertiary/aromatic N) is 6. The van der Waals surface area contributed by atoms with Crippen molar-refractivity contribution in [3.63, 3.8) is 0 Å². The van der Waals surface area contributed by atoms with Crippen molar-refractivity contribution in [2.24, 2.45) is 0 Å². The zero-order valence-electron chi connectivity index (χ0n) is 16.1. The number of benzene rings is 1. The Hall–Kier alpha value is -3.66. The summed E-state index contributed by atoms with van der Waals surface area (Å²) in [4.78, 5) is 21.3. The number of carbonyl (C=O) groups is 1. The molecule has 0 aliphatic carbocycles. The Morgan fingerprint density at radius 3 is 2.76 bits per heavy atom. The first-order valence-corrected chi connectivity index (χ1v) is 9.70. The van der Waals surface area contributed by atoms with E-state index in [1.54, 1.807) is 29.2 Å². The van der Waals surface area contributed by atoms with Gasteiger partial charge in [0.25, 0.3) is 5.91 Å². The first-order valence-electron chi connectivity index (χ1n) is 9.70. The Kier molecular flexibility index (Phi) is 5.52. The monoisotopic (exact) mass is 386 g/mol. The van der Waals surface area contributed by atoms with Gasteiger partial charge in [0.05, 0.1) is 23.9 Å². The van der Waals surface area contributed by atoms with Crippen LogP contribution in [0.5, 0.6) is 0 Å². The fourth-order valence-corrected chi connectivity index (χ4v) is 3.58. The Bertz CT molecular complexity index is 1020. The number of hydrogen-bond acceptors (Lipinski definition) is 5. The average molecular weight is 386 g/mol. The fourth-order valence-electron chi connectivity index (χ4n) is 3.58. The minimum Gasteiger partial charge on any atom is -0.354 e. The lowest BCUT2D eigenvalue weighted by Crippen LogP contribution is -2.35. The molecule has 0 N–H and O–H groups in total. The summed E-state index contributed by atoms with van der Waals surface area (Å²) in [5.41, 5.74) is 2.31. The van der Waals surface area contributed by atoms with Crippen LogP contribution in [0.25, 0.3) is 0 Å². The first kappa shape index (κ1) is 18.7. The largest absolute Gasteiger partial charge is 0.354 e. The number of rotatable bonds is 4. The molecule has 2 aromatic heterocycles. The highest BCUT2D eigenvalue weighted by molar-refractivity contribution is 5.93. The van der Waals surface area contributed by atoms with Crippen LogP contribution in [0.15, 0.2) is 61.1 Å². The van der Waals surface area contributed by atoms with Crippen molar-refractivity contribution >= 4 is 11.7 Å². The minimum absolute atomic E-state index is 0.00677. The molecule has 0 radical (unpaired) electrons. The molecule has 1 saturated heterocycles. The van der Waals surface area contributed by atoms with E-state index in [1.165, 1.54) is 0 Å². The third-order valence-corrected chi connectivity index (χ3v) is 5.06. The summed E-state index contributed by atoms with van der Waals surface area (Å²) in [6.07, 6.45) is 5.97. The highest BCUT2D eigenvalue weighted by Crippen LogP contribution is 2.19. The molecule has 146 valence electrons. The van der Waals surface area contributed by atoms with Crippen molar-refractivity contribution < 1.29 is 4.79 Å². The summed E-state index contributed by atoms with van der Waals surface area (Å²) in [7, 11) is 0. The number of nitriles is 1. The third kappa shape index (κ3) is 4.27. The van der Waals surface area contributed by atoms with E-state index in [0.717, 1.165) is 18.5 Å². The summed E-state index contributed by atoms with van der Waals surface area (Å²) in [5, 5.41) is 13.7. The maximum Gasteiger partial charge on any atom is 0.257 e. The highest BCUT2D eigenvalue weighted by Gasteiger charge is 2.23. The van der Waals surface area contributed by atoms with E-state index in [0.29, 0.717) is 43.1 Å². The molecule has 0 atom stereocenters. The van der Waals surface area contributed by atoms with E-state index in [-0.39, 0.29) is 5.91 Å². The van der Waals surface area contributed by atoms with Crippen molar-refractivity contribution in [1.29, 1.82) is 5.26 Å². The van der Waals surface area contributed by atoms with Gasteiger partial charge in [0.2, 0.25) is 0 Å². The Labute approximate surface area is 169 Å². The molecule has 7 heteroatoms. The van der Waals surface area contributed by atoms with E-state index in [1.807, 2.05) is 41.4 Å². The number of aromatic nitrogens is 3. The predicted molar refractivity (Wildman–Crippen MR) is 109 cm³/mol.